The van der Waals surface area contributed by atoms with E-state index in [0.29, 0.717) is 43.1 Å². The molecule has 11 heteroatoms. The molecule has 0 radical (unpaired) electrons. The maximum atomic E-state index is 13.2. The number of fused-ring (bicyclic) bond motifs is 2. The second kappa shape index (κ2) is 8.20. The van der Waals surface area contributed by atoms with Gasteiger partial charge in [0.25, 0.3) is 0 Å². The fraction of sp³-hybridized carbons (Fsp3) is 0.500. The van der Waals surface area contributed by atoms with Gasteiger partial charge in [-0.2, -0.15) is 13.2 Å². The summed E-state index contributed by atoms with van der Waals surface area (Å²) in [5, 5.41) is 0. The average molecular weight is 437 g/mol. The Labute approximate surface area is 176 Å². The third-order valence-corrected chi connectivity index (χ3v) is 5.54. The lowest BCUT2D eigenvalue weighted by Crippen LogP contribution is -2.49. The third-order valence-electron chi connectivity index (χ3n) is 5.54. The van der Waals surface area contributed by atoms with Gasteiger partial charge in [-0.25, -0.2) is 14.8 Å². The van der Waals surface area contributed by atoms with E-state index in [-0.39, 0.29) is 24.9 Å². The van der Waals surface area contributed by atoms with Crippen LogP contribution >= 0.6 is 0 Å². The van der Waals surface area contributed by atoms with E-state index in [4.69, 9.17) is 0 Å². The molecular weight excluding hydrogens is 415 g/mol. The van der Waals surface area contributed by atoms with E-state index in [9.17, 15) is 22.8 Å². The molecule has 1 aromatic carbocycles. The maximum absolute atomic E-state index is 13.2. The van der Waals surface area contributed by atoms with E-state index in [0.717, 1.165) is 5.52 Å². The number of carbonyl (C=O) groups is 2. The molecule has 4 rings (SSSR count). The summed E-state index contributed by atoms with van der Waals surface area (Å²) in [6.07, 6.45) is -4.87. The summed E-state index contributed by atoms with van der Waals surface area (Å²) in [4.78, 5) is 39.2. The number of piperidine rings is 1. The van der Waals surface area contributed by atoms with Gasteiger partial charge in [-0.15, -0.1) is 0 Å². The molecule has 0 unspecified atom stereocenters. The molecule has 1 fully saturated rings. The van der Waals surface area contributed by atoms with Crippen molar-refractivity contribution >= 4 is 34.7 Å². The summed E-state index contributed by atoms with van der Waals surface area (Å²) >= 11 is 0. The molecule has 1 aromatic heterocycles. The minimum absolute atomic E-state index is 0.109. The lowest BCUT2D eigenvalue weighted by molar-refractivity contribution is -0.162. The Hall–Kier alpha value is -3.11. The monoisotopic (exact) mass is 437 g/mol. The second-order valence-corrected chi connectivity index (χ2v) is 7.70. The number of amides is 2. The molecule has 166 valence electrons. The molecule has 31 heavy (non-hydrogen) atoms. The van der Waals surface area contributed by atoms with Crippen LogP contribution in [0.25, 0.3) is 11.0 Å². The Morgan fingerprint density at radius 1 is 1.03 bits per heavy atom. The third kappa shape index (κ3) is 4.49. The van der Waals surface area contributed by atoms with E-state index in [1.165, 1.54) is 4.90 Å². The highest BCUT2D eigenvalue weighted by Gasteiger charge is 2.36. The zero-order valence-corrected chi connectivity index (χ0v) is 16.9. The van der Waals surface area contributed by atoms with E-state index in [1.807, 2.05) is 36.2 Å². The Bertz CT molecular complexity index is 992. The summed E-state index contributed by atoms with van der Waals surface area (Å²) in [6, 6.07) is 7.44. The van der Waals surface area contributed by atoms with Gasteiger partial charge < -0.3 is 14.5 Å². The number of benzene rings is 1. The number of carbonyl (C=O) groups excluding carboxylic acids is 2. The molecular formula is C20H22F3N5O3. The molecule has 0 N–H and O–H groups in total. The SMILES string of the molecule is CN1CCN(C(=O)C2CCN(C(=O)OCC(F)(F)F)CC2)c2nc3ccccc3nc21. The lowest BCUT2D eigenvalue weighted by Gasteiger charge is -2.37. The first kappa shape index (κ1) is 21.1. The number of para-hydroxylation sites is 2. The summed E-state index contributed by atoms with van der Waals surface area (Å²) in [5.41, 5.74) is 1.43. The van der Waals surface area contributed by atoms with Crippen LogP contribution in [0.3, 0.4) is 0 Å². The number of likely N-dealkylation sites (tertiary alicyclic amines) is 1. The number of likely N-dealkylation sites (N-methyl/N-ethyl adjacent to an activating group) is 1. The molecule has 8 nitrogen and oxygen atoms in total. The number of halogens is 3. The number of rotatable bonds is 2. The topological polar surface area (TPSA) is 78.9 Å². The van der Waals surface area contributed by atoms with E-state index in [2.05, 4.69) is 14.7 Å². The molecule has 1 saturated heterocycles. The van der Waals surface area contributed by atoms with Crippen LogP contribution in [0.2, 0.25) is 0 Å². The largest absolute Gasteiger partial charge is 0.440 e. The fourth-order valence-corrected chi connectivity index (χ4v) is 3.86. The fourth-order valence-electron chi connectivity index (χ4n) is 3.86. The first-order valence-electron chi connectivity index (χ1n) is 10.0. The minimum Gasteiger partial charge on any atom is -0.440 e. The Balaban J connectivity index is 1.45. The van der Waals surface area contributed by atoms with Gasteiger partial charge >= 0.3 is 12.3 Å². The van der Waals surface area contributed by atoms with Crippen LogP contribution in [-0.2, 0) is 9.53 Å². The molecule has 2 aliphatic rings. The Kier molecular flexibility index (Phi) is 5.59. The highest BCUT2D eigenvalue weighted by atomic mass is 19.4. The highest BCUT2D eigenvalue weighted by Crippen LogP contribution is 2.33. The summed E-state index contributed by atoms with van der Waals surface area (Å²) in [5.74, 6) is 0.675. The van der Waals surface area contributed by atoms with Gasteiger partial charge in [0.15, 0.2) is 18.2 Å². The standard InChI is InChI=1S/C20H22F3N5O3/c1-26-10-11-28(17-16(26)24-14-4-2-3-5-15(14)25-17)18(29)13-6-8-27(9-7-13)19(30)31-12-20(21,22)23/h2-5,13H,6-12H2,1H3. The van der Waals surface area contributed by atoms with E-state index < -0.39 is 18.9 Å². The van der Waals surface area contributed by atoms with Crippen molar-refractivity contribution in [3.8, 4) is 0 Å². The van der Waals surface area contributed by atoms with Crippen LogP contribution in [0.5, 0.6) is 0 Å². The molecule has 0 spiro atoms. The van der Waals surface area contributed by atoms with Crippen molar-refractivity contribution in [1.29, 1.82) is 0 Å². The zero-order chi connectivity index (χ0) is 22.2. The van der Waals surface area contributed by atoms with Gasteiger partial charge in [-0.1, -0.05) is 12.1 Å². The Morgan fingerprint density at radius 3 is 2.26 bits per heavy atom. The van der Waals surface area contributed by atoms with Gasteiger partial charge in [0.1, 0.15) is 0 Å². The summed E-state index contributed by atoms with van der Waals surface area (Å²) in [6.45, 7) is -0.221. The van der Waals surface area contributed by atoms with Gasteiger partial charge in [-0.3, -0.25) is 9.69 Å². The molecule has 0 atom stereocenters. The number of hydrogen-bond donors (Lipinski definition) is 0. The number of anilines is 2. The number of alkyl halides is 3. The number of hydrogen-bond acceptors (Lipinski definition) is 6. The van der Waals surface area contributed by atoms with Gasteiger partial charge in [0.05, 0.1) is 11.0 Å². The van der Waals surface area contributed by atoms with Crippen molar-refractivity contribution in [2.75, 3.05) is 49.6 Å². The number of aromatic nitrogens is 2. The normalized spacial score (nSPS) is 17.6. The zero-order valence-electron chi connectivity index (χ0n) is 16.9. The van der Waals surface area contributed by atoms with Crippen molar-refractivity contribution in [3.63, 3.8) is 0 Å². The smallest absolute Gasteiger partial charge is 0.422 e. The van der Waals surface area contributed by atoms with Crippen molar-refractivity contribution in [3.05, 3.63) is 24.3 Å². The van der Waals surface area contributed by atoms with Crippen molar-refractivity contribution in [1.82, 2.24) is 14.9 Å². The molecule has 2 aromatic rings. The van der Waals surface area contributed by atoms with Crippen molar-refractivity contribution in [2.45, 2.75) is 19.0 Å². The first-order chi connectivity index (χ1) is 14.7. The van der Waals surface area contributed by atoms with Crippen LogP contribution in [0.1, 0.15) is 12.8 Å². The second-order valence-electron chi connectivity index (χ2n) is 7.70. The van der Waals surface area contributed by atoms with Crippen LogP contribution in [0.15, 0.2) is 24.3 Å². The van der Waals surface area contributed by atoms with Gasteiger partial charge in [0, 0.05) is 39.1 Å². The molecule has 2 aliphatic heterocycles. The summed E-state index contributed by atoms with van der Waals surface area (Å²) in [7, 11) is 1.90. The maximum Gasteiger partial charge on any atom is 0.422 e. The van der Waals surface area contributed by atoms with Crippen molar-refractivity contribution < 1.29 is 27.5 Å². The van der Waals surface area contributed by atoms with Crippen LogP contribution in [0, 0.1) is 5.92 Å². The molecule has 0 bridgehead atoms. The average Bonchev–Trinajstić information content (AvgIpc) is 2.76. The first-order valence-corrected chi connectivity index (χ1v) is 10.0. The quantitative estimate of drug-likeness (QED) is 0.719. The highest BCUT2D eigenvalue weighted by molar-refractivity contribution is 5.98. The minimum atomic E-state index is -4.57. The Morgan fingerprint density at radius 2 is 1.65 bits per heavy atom. The van der Waals surface area contributed by atoms with E-state index >= 15 is 0 Å². The van der Waals surface area contributed by atoms with Gasteiger partial charge in [0.2, 0.25) is 5.91 Å². The van der Waals surface area contributed by atoms with Crippen molar-refractivity contribution in [2.24, 2.45) is 5.92 Å². The molecule has 0 saturated carbocycles. The predicted molar refractivity (Wildman–Crippen MR) is 107 cm³/mol. The van der Waals surface area contributed by atoms with E-state index in [1.54, 1.807) is 4.90 Å². The molecule has 0 aliphatic carbocycles. The van der Waals surface area contributed by atoms with Crippen LogP contribution < -0.4 is 9.80 Å². The molecule has 2 amide bonds. The van der Waals surface area contributed by atoms with Gasteiger partial charge in [-0.05, 0) is 25.0 Å². The lowest BCUT2D eigenvalue weighted by atomic mass is 9.95. The number of nitrogens with zero attached hydrogens (tertiary/aromatic N) is 5. The summed E-state index contributed by atoms with van der Waals surface area (Å²) < 4.78 is 41.0. The number of ether oxygens (including phenoxy) is 1. The van der Waals surface area contributed by atoms with Crippen LogP contribution in [-0.4, -0.2) is 72.9 Å². The predicted octanol–water partition coefficient (Wildman–Crippen LogP) is 2.82. The molecule has 3 heterocycles. The van der Waals surface area contributed by atoms with Crippen LogP contribution in [0.4, 0.5) is 29.6 Å².